The van der Waals surface area contributed by atoms with E-state index in [2.05, 4.69) is 17.1 Å². The summed E-state index contributed by atoms with van der Waals surface area (Å²) in [4.78, 5) is 2.87. The average molecular weight is 208 g/mol. The van der Waals surface area contributed by atoms with Crippen molar-refractivity contribution < 1.29 is 0 Å². The van der Waals surface area contributed by atoms with Crippen LogP contribution in [0.15, 0.2) is 0 Å². The van der Waals surface area contributed by atoms with Crippen LogP contribution in [0, 0.1) is 5.92 Å². The van der Waals surface area contributed by atoms with Gasteiger partial charge in [0.2, 0.25) is 0 Å². The van der Waals surface area contributed by atoms with Crippen LogP contribution in [0.25, 0.3) is 0 Å². The lowest BCUT2D eigenvalue weighted by Gasteiger charge is -2.49. The van der Waals surface area contributed by atoms with E-state index in [4.69, 9.17) is 0 Å². The molecule has 0 radical (unpaired) electrons. The standard InChI is InChI=1S/C13H24N2/c1-13(11-6-7-11)10-14-8-9-15(13)12-4-2-3-5-12/h11-12,14H,2-10H2,1H3. The van der Waals surface area contributed by atoms with Gasteiger partial charge < -0.3 is 5.32 Å². The van der Waals surface area contributed by atoms with E-state index in [-0.39, 0.29) is 0 Å². The molecule has 1 saturated heterocycles. The molecule has 1 N–H and O–H groups in total. The van der Waals surface area contributed by atoms with Gasteiger partial charge in [-0.05, 0) is 38.5 Å². The van der Waals surface area contributed by atoms with E-state index in [0.29, 0.717) is 5.54 Å². The molecule has 1 atom stereocenters. The fourth-order valence-corrected chi connectivity index (χ4v) is 3.80. The first-order valence-corrected chi connectivity index (χ1v) is 6.78. The van der Waals surface area contributed by atoms with Gasteiger partial charge in [0.1, 0.15) is 0 Å². The highest BCUT2D eigenvalue weighted by Gasteiger charge is 2.48. The topological polar surface area (TPSA) is 15.3 Å². The van der Waals surface area contributed by atoms with E-state index < -0.39 is 0 Å². The normalized spacial score (nSPS) is 39.8. The zero-order chi connectivity index (χ0) is 10.3. The Kier molecular flexibility index (Phi) is 2.52. The number of hydrogen-bond donors (Lipinski definition) is 1. The van der Waals surface area contributed by atoms with Crippen LogP contribution < -0.4 is 5.32 Å². The fraction of sp³-hybridized carbons (Fsp3) is 1.00. The van der Waals surface area contributed by atoms with E-state index >= 15 is 0 Å². The lowest BCUT2D eigenvalue weighted by Crippen LogP contribution is -2.63. The molecule has 0 aromatic rings. The zero-order valence-electron chi connectivity index (χ0n) is 9.97. The molecule has 3 rings (SSSR count). The molecule has 3 fully saturated rings. The van der Waals surface area contributed by atoms with Crippen LogP contribution in [0.2, 0.25) is 0 Å². The van der Waals surface area contributed by atoms with Crippen LogP contribution in [0.1, 0.15) is 45.4 Å². The van der Waals surface area contributed by atoms with Gasteiger partial charge in [0.25, 0.3) is 0 Å². The summed E-state index contributed by atoms with van der Waals surface area (Å²) in [6.45, 7) is 6.24. The Morgan fingerprint density at radius 3 is 2.53 bits per heavy atom. The number of nitrogens with zero attached hydrogens (tertiary/aromatic N) is 1. The molecule has 2 heteroatoms. The second kappa shape index (κ2) is 3.74. The third kappa shape index (κ3) is 1.72. The third-order valence-corrected chi connectivity index (χ3v) is 4.89. The first-order chi connectivity index (χ1) is 7.31. The lowest BCUT2D eigenvalue weighted by molar-refractivity contribution is 0.0179. The van der Waals surface area contributed by atoms with E-state index in [1.807, 2.05) is 0 Å². The summed E-state index contributed by atoms with van der Waals surface area (Å²) < 4.78 is 0. The quantitative estimate of drug-likeness (QED) is 0.747. The lowest BCUT2D eigenvalue weighted by atomic mass is 9.89. The third-order valence-electron chi connectivity index (χ3n) is 4.89. The number of hydrogen-bond acceptors (Lipinski definition) is 2. The van der Waals surface area contributed by atoms with Gasteiger partial charge in [0, 0.05) is 31.2 Å². The molecule has 15 heavy (non-hydrogen) atoms. The summed E-state index contributed by atoms with van der Waals surface area (Å²) in [6.07, 6.45) is 8.80. The molecule has 2 saturated carbocycles. The number of nitrogens with one attached hydrogen (secondary N) is 1. The molecule has 0 amide bonds. The molecule has 0 aromatic carbocycles. The molecule has 1 unspecified atom stereocenters. The minimum atomic E-state index is 0.493. The summed E-state index contributed by atoms with van der Waals surface area (Å²) in [5.41, 5.74) is 0.493. The summed E-state index contributed by atoms with van der Waals surface area (Å²) in [5.74, 6) is 0.992. The van der Waals surface area contributed by atoms with Gasteiger partial charge in [-0.2, -0.15) is 0 Å². The van der Waals surface area contributed by atoms with Crippen LogP contribution in [-0.2, 0) is 0 Å². The van der Waals surface area contributed by atoms with Crippen LogP contribution >= 0.6 is 0 Å². The van der Waals surface area contributed by atoms with Crippen molar-refractivity contribution >= 4 is 0 Å². The van der Waals surface area contributed by atoms with Crippen molar-refractivity contribution in [2.45, 2.75) is 57.0 Å². The maximum absolute atomic E-state index is 3.61. The van der Waals surface area contributed by atoms with Crippen LogP contribution in [0.5, 0.6) is 0 Å². The summed E-state index contributed by atoms with van der Waals surface area (Å²) >= 11 is 0. The molecule has 2 nitrogen and oxygen atoms in total. The average Bonchev–Trinajstić information content (AvgIpc) is 2.98. The number of piperazine rings is 1. The van der Waals surface area contributed by atoms with Gasteiger partial charge in [-0.25, -0.2) is 0 Å². The molecule has 86 valence electrons. The minimum absolute atomic E-state index is 0.493. The number of rotatable bonds is 2. The second-order valence-electron chi connectivity index (χ2n) is 5.94. The molecule has 3 aliphatic rings. The van der Waals surface area contributed by atoms with E-state index in [1.54, 1.807) is 0 Å². The first-order valence-electron chi connectivity index (χ1n) is 6.78. The van der Waals surface area contributed by atoms with Crippen molar-refractivity contribution in [1.29, 1.82) is 0 Å². The van der Waals surface area contributed by atoms with Crippen molar-refractivity contribution in [3.63, 3.8) is 0 Å². The Balaban J connectivity index is 1.76. The maximum atomic E-state index is 3.61. The van der Waals surface area contributed by atoms with Crippen LogP contribution in [-0.4, -0.2) is 36.1 Å². The van der Waals surface area contributed by atoms with E-state index in [0.717, 1.165) is 12.0 Å². The van der Waals surface area contributed by atoms with Crippen molar-refractivity contribution in [1.82, 2.24) is 10.2 Å². The summed E-state index contributed by atoms with van der Waals surface area (Å²) in [6, 6.07) is 0.915. The molecule has 1 heterocycles. The van der Waals surface area contributed by atoms with Crippen LogP contribution in [0.3, 0.4) is 0 Å². The Hall–Kier alpha value is -0.0800. The van der Waals surface area contributed by atoms with Crippen molar-refractivity contribution in [2.75, 3.05) is 19.6 Å². The summed E-state index contributed by atoms with van der Waals surface area (Å²) in [7, 11) is 0. The zero-order valence-corrected chi connectivity index (χ0v) is 9.97. The molecule has 1 aliphatic heterocycles. The molecular weight excluding hydrogens is 184 g/mol. The monoisotopic (exact) mass is 208 g/mol. The van der Waals surface area contributed by atoms with Crippen molar-refractivity contribution in [3.8, 4) is 0 Å². The van der Waals surface area contributed by atoms with Crippen molar-refractivity contribution in [2.24, 2.45) is 5.92 Å². The van der Waals surface area contributed by atoms with Gasteiger partial charge in [-0.3, -0.25) is 4.90 Å². The van der Waals surface area contributed by atoms with Gasteiger partial charge in [-0.1, -0.05) is 12.8 Å². The fourth-order valence-electron chi connectivity index (χ4n) is 3.80. The molecule has 0 bridgehead atoms. The Labute approximate surface area is 93.4 Å². The second-order valence-corrected chi connectivity index (χ2v) is 5.94. The molecular formula is C13H24N2. The predicted octanol–water partition coefficient (Wildman–Crippen LogP) is 2.00. The highest BCUT2D eigenvalue weighted by atomic mass is 15.3. The Morgan fingerprint density at radius 2 is 1.87 bits per heavy atom. The molecule has 0 aromatic heterocycles. The van der Waals surface area contributed by atoms with E-state index in [9.17, 15) is 0 Å². The smallest absolute Gasteiger partial charge is 0.0337 e. The SMILES string of the molecule is CC1(C2CC2)CNCCN1C1CCCC1. The van der Waals surface area contributed by atoms with E-state index in [1.165, 1.54) is 58.2 Å². The largest absolute Gasteiger partial charge is 0.314 e. The van der Waals surface area contributed by atoms with Crippen LogP contribution in [0.4, 0.5) is 0 Å². The van der Waals surface area contributed by atoms with Gasteiger partial charge in [-0.15, -0.1) is 0 Å². The molecule has 0 spiro atoms. The highest BCUT2D eigenvalue weighted by Crippen LogP contribution is 2.45. The Morgan fingerprint density at radius 1 is 1.13 bits per heavy atom. The molecule has 2 aliphatic carbocycles. The van der Waals surface area contributed by atoms with Gasteiger partial charge >= 0.3 is 0 Å². The van der Waals surface area contributed by atoms with Gasteiger partial charge in [0.15, 0.2) is 0 Å². The first kappa shape index (κ1) is 10.1. The Bertz CT molecular complexity index is 231. The summed E-state index contributed by atoms with van der Waals surface area (Å²) in [5, 5.41) is 3.61. The highest BCUT2D eigenvalue weighted by molar-refractivity contribution is 5.05. The maximum Gasteiger partial charge on any atom is 0.0337 e. The predicted molar refractivity (Wildman–Crippen MR) is 63.0 cm³/mol. The van der Waals surface area contributed by atoms with Gasteiger partial charge in [0.05, 0.1) is 0 Å². The van der Waals surface area contributed by atoms with Crippen molar-refractivity contribution in [3.05, 3.63) is 0 Å². The minimum Gasteiger partial charge on any atom is -0.314 e.